The van der Waals surface area contributed by atoms with Gasteiger partial charge < -0.3 is 10.2 Å². The van der Waals surface area contributed by atoms with Crippen molar-refractivity contribution in [2.45, 2.75) is 31.3 Å². The Hall–Kier alpha value is -2.86. The van der Waals surface area contributed by atoms with E-state index in [1.54, 1.807) is 11.1 Å². The molecule has 0 spiro atoms. The number of fused-ring (bicyclic) bond motifs is 1. The minimum absolute atomic E-state index is 0.0425. The first-order chi connectivity index (χ1) is 13.6. The summed E-state index contributed by atoms with van der Waals surface area (Å²) in [6.45, 7) is 1.07. The molecule has 3 aromatic rings. The lowest BCUT2D eigenvalue weighted by Gasteiger charge is -2.39. The second-order valence-corrected chi connectivity index (χ2v) is 7.58. The van der Waals surface area contributed by atoms with Gasteiger partial charge in [0.2, 0.25) is 0 Å². The molecule has 1 aliphatic heterocycles. The molecule has 2 amide bonds. The van der Waals surface area contributed by atoms with Crippen molar-refractivity contribution in [3.05, 3.63) is 60.3 Å². The molecule has 146 valence electrons. The molecule has 0 unspecified atom stereocenters. The molecule has 1 fully saturated rings. The molecule has 0 bridgehead atoms. The van der Waals surface area contributed by atoms with Crippen LogP contribution in [0.3, 0.4) is 0 Å². The number of aromatic nitrogens is 2. The van der Waals surface area contributed by atoms with Crippen molar-refractivity contribution in [3.8, 4) is 0 Å². The van der Waals surface area contributed by atoms with E-state index in [9.17, 15) is 4.79 Å². The maximum absolute atomic E-state index is 13.1. The molecule has 4 rings (SSSR count). The minimum Gasteiger partial charge on any atom is -0.329 e. The van der Waals surface area contributed by atoms with E-state index in [0.29, 0.717) is 6.04 Å². The van der Waals surface area contributed by atoms with Crippen LogP contribution in [0.4, 0.5) is 10.5 Å². The van der Waals surface area contributed by atoms with Gasteiger partial charge in [-0.05, 0) is 50.2 Å². The zero-order chi connectivity index (χ0) is 19.5. The number of hydrogen-bond acceptors (Lipinski definition) is 3. The predicted octanol–water partition coefficient (Wildman–Crippen LogP) is 3.93. The lowest BCUT2D eigenvalue weighted by atomic mass is 9.91. The molecule has 0 saturated carbocycles. The maximum Gasteiger partial charge on any atom is 0.322 e. The molecule has 0 radical (unpaired) electrons. The highest BCUT2D eigenvalue weighted by atomic mass is 16.2. The van der Waals surface area contributed by atoms with Crippen molar-refractivity contribution in [1.29, 1.82) is 0 Å². The summed E-state index contributed by atoms with van der Waals surface area (Å²) < 4.78 is 0. The average Bonchev–Trinajstić information content (AvgIpc) is 3.20. The second-order valence-electron chi connectivity index (χ2n) is 7.58. The van der Waals surface area contributed by atoms with Crippen LogP contribution in [0.25, 0.3) is 10.9 Å². The number of nitrogens with zero attached hydrogens (tertiary/aromatic N) is 3. The monoisotopic (exact) mass is 377 g/mol. The van der Waals surface area contributed by atoms with Gasteiger partial charge >= 0.3 is 6.03 Å². The van der Waals surface area contributed by atoms with Gasteiger partial charge in [0.05, 0.1) is 17.8 Å². The number of carbonyl (C=O) groups excluding carboxylic acids is 1. The zero-order valence-corrected chi connectivity index (χ0v) is 16.4. The van der Waals surface area contributed by atoms with E-state index in [0.717, 1.165) is 35.1 Å². The number of likely N-dealkylation sites (N-methyl/N-ethyl adjacent to an activating group) is 1. The fourth-order valence-electron chi connectivity index (χ4n) is 4.07. The normalized spacial score (nSPS) is 18.7. The zero-order valence-electron chi connectivity index (χ0n) is 16.4. The molecule has 0 aliphatic carbocycles. The quantitative estimate of drug-likeness (QED) is 0.724. The Morgan fingerprint density at radius 1 is 1.25 bits per heavy atom. The van der Waals surface area contributed by atoms with Gasteiger partial charge in [-0.15, -0.1) is 0 Å². The van der Waals surface area contributed by atoms with E-state index >= 15 is 0 Å². The van der Waals surface area contributed by atoms with E-state index in [1.807, 2.05) is 43.4 Å². The minimum atomic E-state index is -0.101. The predicted molar refractivity (Wildman–Crippen MR) is 112 cm³/mol. The Morgan fingerprint density at radius 3 is 2.86 bits per heavy atom. The Bertz CT molecular complexity index is 938. The molecule has 1 saturated heterocycles. The topological polar surface area (TPSA) is 64.3 Å². The van der Waals surface area contributed by atoms with Crippen LogP contribution in [0.15, 0.2) is 54.7 Å². The van der Waals surface area contributed by atoms with Crippen molar-refractivity contribution < 1.29 is 4.79 Å². The lowest BCUT2D eigenvalue weighted by molar-refractivity contribution is 0.146. The van der Waals surface area contributed by atoms with Crippen LogP contribution >= 0.6 is 0 Å². The van der Waals surface area contributed by atoms with Crippen LogP contribution in [0.1, 0.15) is 30.9 Å². The summed E-state index contributed by atoms with van der Waals surface area (Å²) in [6, 6.07) is 16.3. The molecule has 1 aliphatic rings. The number of amides is 2. The van der Waals surface area contributed by atoms with Crippen LogP contribution < -0.4 is 10.2 Å². The molecule has 1 aromatic heterocycles. The molecular weight excluding hydrogens is 350 g/mol. The first-order valence-corrected chi connectivity index (χ1v) is 9.86. The molecule has 6 heteroatoms. The molecule has 6 nitrogen and oxygen atoms in total. The summed E-state index contributed by atoms with van der Waals surface area (Å²) in [4.78, 5) is 17.2. The van der Waals surface area contributed by atoms with Gasteiger partial charge in [0, 0.05) is 24.2 Å². The maximum atomic E-state index is 13.1. The van der Waals surface area contributed by atoms with Gasteiger partial charge in [0.15, 0.2) is 0 Å². The van der Waals surface area contributed by atoms with Crippen molar-refractivity contribution in [2.24, 2.45) is 0 Å². The summed E-state index contributed by atoms with van der Waals surface area (Å²) in [5.74, 6) is 0. The number of H-pyrrole nitrogens is 1. The lowest BCUT2D eigenvalue weighted by Crippen LogP contribution is -2.49. The average molecular weight is 377 g/mol. The van der Waals surface area contributed by atoms with Crippen LogP contribution in [0, 0.1) is 0 Å². The Labute approximate surface area is 165 Å². The Morgan fingerprint density at radius 2 is 2.07 bits per heavy atom. The molecule has 2 heterocycles. The summed E-state index contributed by atoms with van der Waals surface area (Å²) in [5.41, 5.74) is 2.95. The van der Waals surface area contributed by atoms with Crippen molar-refractivity contribution >= 4 is 22.6 Å². The van der Waals surface area contributed by atoms with Gasteiger partial charge in [0.1, 0.15) is 0 Å². The van der Waals surface area contributed by atoms with Crippen LogP contribution in [-0.2, 0) is 0 Å². The highest BCUT2D eigenvalue weighted by molar-refractivity contribution is 5.94. The number of nitrogens with one attached hydrogen (secondary N) is 2. The number of piperidine rings is 1. The van der Waals surface area contributed by atoms with Crippen LogP contribution in [0.2, 0.25) is 0 Å². The van der Waals surface area contributed by atoms with E-state index in [4.69, 9.17) is 0 Å². The van der Waals surface area contributed by atoms with Gasteiger partial charge in [-0.25, -0.2) is 4.79 Å². The highest BCUT2D eigenvalue weighted by Crippen LogP contribution is 2.28. The van der Waals surface area contributed by atoms with E-state index in [-0.39, 0.29) is 12.1 Å². The summed E-state index contributed by atoms with van der Waals surface area (Å²) >= 11 is 0. The Kier molecular flexibility index (Phi) is 5.30. The van der Waals surface area contributed by atoms with Crippen molar-refractivity contribution in [3.63, 3.8) is 0 Å². The van der Waals surface area contributed by atoms with E-state index in [2.05, 4.69) is 39.6 Å². The van der Waals surface area contributed by atoms with E-state index in [1.165, 1.54) is 12.8 Å². The number of urea groups is 1. The van der Waals surface area contributed by atoms with Crippen LogP contribution in [0.5, 0.6) is 0 Å². The first-order valence-electron chi connectivity index (χ1n) is 9.86. The molecule has 2 atom stereocenters. The number of likely N-dealkylation sites (tertiary alicyclic amines) is 1. The SMILES string of the molecule is CN(C(=O)N[C@H](c1ccccc1)[C@H]1CCCCN1C)c1ccc2[nH]ncc2c1. The van der Waals surface area contributed by atoms with Crippen molar-refractivity contribution in [2.75, 3.05) is 25.5 Å². The second kappa shape index (κ2) is 8.02. The molecule has 2 N–H and O–H groups in total. The molecule has 28 heavy (non-hydrogen) atoms. The Balaban J connectivity index is 1.57. The fraction of sp³-hybridized carbons (Fsp3) is 0.364. The third-order valence-electron chi connectivity index (χ3n) is 5.77. The summed E-state index contributed by atoms with van der Waals surface area (Å²) in [7, 11) is 3.96. The van der Waals surface area contributed by atoms with Crippen LogP contribution in [-0.4, -0.2) is 47.8 Å². The van der Waals surface area contributed by atoms with Crippen molar-refractivity contribution in [1.82, 2.24) is 20.4 Å². The number of rotatable bonds is 4. The van der Waals surface area contributed by atoms with Gasteiger partial charge in [-0.3, -0.25) is 10.00 Å². The van der Waals surface area contributed by atoms with Gasteiger partial charge in [-0.2, -0.15) is 5.10 Å². The fourth-order valence-corrected chi connectivity index (χ4v) is 4.07. The molecule has 2 aromatic carbocycles. The molecular formula is C22H27N5O. The summed E-state index contributed by atoms with van der Waals surface area (Å²) in [6.07, 6.45) is 5.27. The third-order valence-corrected chi connectivity index (χ3v) is 5.77. The smallest absolute Gasteiger partial charge is 0.322 e. The first kappa shape index (κ1) is 18.5. The number of anilines is 1. The third kappa shape index (κ3) is 3.73. The number of benzene rings is 2. The largest absolute Gasteiger partial charge is 0.329 e. The number of aromatic amines is 1. The highest BCUT2D eigenvalue weighted by Gasteiger charge is 2.30. The number of carbonyl (C=O) groups is 1. The van der Waals surface area contributed by atoms with Gasteiger partial charge in [-0.1, -0.05) is 36.8 Å². The van der Waals surface area contributed by atoms with E-state index < -0.39 is 0 Å². The summed E-state index contributed by atoms with van der Waals surface area (Å²) in [5, 5.41) is 11.3. The number of hydrogen-bond donors (Lipinski definition) is 2. The standard InChI is InChI=1S/C22H27N5O/c1-26-13-7-6-10-20(26)21(16-8-4-3-5-9-16)24-22(28)27(2)18-11-12-19-17(14-18)15-23-25-19/h3-5,8-9,11-12,14-15,20-21H,6-7,10,13H2,1-2H3,(H,23,25)(H,24,28)/t20-,21-/m1/s1. The van der Waals surface area contributed by atoms with Gasteiger partial charge in [0.25, 0.3) is 0 Å².